The van der Waals surface area contributed by atoms with Gasteiger partial charge in [-0.05, 0) is 31.4 Å². The van der Waals surface area contributed by atoms with Gasteiger partial charge in [-0.3, -0.25) is 0 Å². The highest BCUT2D eigenvalue weighted by molar-refractivity contribution is 5.59. The lowest BCUT2D eigenvalue weighted by molar-refractivity contribution is 0.188. The average Bonchev–Trinajstić information content (AvgIpc) is 2.61. The molecule has 3 heteroatoms. The first kappa shape index (κ1) is 8.09. The molecule has 2 nitrogen and oxygen atoms in total. The lowest BCUT2D eigenvalue weighted by Crippen LogP contribution is -2.36. The highest BCUT2D eigenvalue weighted by Gasteiger charge is 2.33. The number of anilines is 1. The van der Waals surface area contributed by atoms with E-state index < -0.39 is 0 Å². The van der Waals surface area contributed by atoms with Crippen LogP contribution in [0.1, 0.15) is 19.3 Å². The molecule has 1 aliphatic carbocycles. The molecule has 0 saturated heterocycles. The molecule has 1 aromatic rings. The van der Waals surface area contributed by atoms with Crippen molar-refractivity contribution >= 4 is 5.69 Å². The van der Waals surface area contributed by atoms with E-state index in [2.05, 4.69) is 5.32 Å². The summed E-state index contributed by atoms with van der Waals surface area (Å²) in [6.07, 6.45) is 3.71. The maximum Gasteiger partial charge on any atom is 0.143 e. The molecule has 0 bridgehead atoms. The second-order valence-electron chi connectivity index (χ2n) is 3.98. The van der Waals surface area contributed by atoms with Crippen LogP contribution in [0.25, 0.3) is 0 Å². The molecular weight excluding hydrogens is 181 g/mol. The SMILES string of the molecule is Fc1ccc2c(c1)NC1CCCC1O2. The number of fused-ring (bicyclic) bond motifs is 2. The molecule has 0 amide bonds. The Balaban J connectivity index is 1.97. The molecule has 2 atom stereocenters. The van der Waals surface area contributed by atoms with Gasteiger partial charge in [0.25, 0.3) is 0 Å². The van der Waals surface area contributed by atoms with Gasteiger partial charge in [0, 0.05) is 6.07 Å². The fourth-order valence-electron chi connectivity index (χ4n) is 2.31. The van der Waals surface area contributed by atoms with Crippen LogP contribution in [0.2, 0.25) is 0 Å². The van der Waals surface area contributed by atoms with E-state index >= 15 is 0 Å². The van der Waals surface area contributed by atoms with E-state index in [1.807, 2.05) is 0 Å². The first-order valence-corrected chi connectivity index (χ1v) is 5.06. The summed E-state index contributed by atoms with van der Waals surface area (Å²) in [4.78, 5) is 0. The standard InChI is InChI=1S/C11H12FNO/c12-7-4-5-11-9(6-7)13-8-2-1-3-10(8)14-11/h4-6,8,10,13H,1-3H2. The molecule has 1 aromatic carbocycles. The lowest BCUT2D eigenvalue weighted by Gasteiger charge is -2.30. The highest BCUT2D eigenvalue weighted by atomic mass is 19.1. The highest BCUT2D eigenvalue weighted by Crippen LogP contribution is 2.37. The third-order valence-corrected chi connectivity index (χ3v) is 3.01. The van der Waals surface area contributed by atoms with Gasteiger partial charge in [0.2, 0.25) is 0 Å². The molecule has 2 aliphatic rings. The Kier molecular flexibility index (Phi) is 1.66. The van der Waals surface area contributed by atoms with Crippen LogP contribution < -0.4 is 10.1 Å². The Morgan fingerprint density at radius 1 is 1.36 bits per heavy atom. The van der Waals surface area contributed by atoms with Crippen molar-refractivity contribution in [2.24, 2.45) is 0 Å². The summed E-state index contributed by atoms with van der Waals surface area (Å²) in [6.45, 7) is 0. The molecule has 0 radical (unpaired) electrons. The molecule has 14 heavy (non-hydrogen) atoms. The smallest absolute Gasteiger partial charge is 0.143 e. The Bertz CT molecular complexity index is 366. The lowest BCUT2D eigenvalue weighted by atomic mass is 10.1. The summed E-state index contributed by atoms with van der Waals surface area (Å²) in [5.74, 6) is 0.575. The monoisotopic (exact) mass is 193 g/mol. The molecule has 1 fully saturated rings. The number of nitrogens with one attached hydrogen (secondary N) is 1. The molecule has 74 valence electrons. The molecule has 2 unspecified atom stereocenters. The van der Waals surface area contributed by atoms with Crippen LogP contribution in [0.3, 0.4) is 0 Å². The minimum absolute atomic E-state index is 0.212. The van der Waals surface area contributed by atoms with Gasteiger partial charge in [0.15, 0.2) is 0 Å². The van der Waals surface area contributed by atoms with Crippen LogP contribution in [0, 0.1) is 5.82 Å². The van der Waals surface area contributed by atoms with E-state index in [0.717, 1.165) is 24.3 Å². The maximum atomic E-state index is 12.9. The van der Waals surface area contributed by atoms with Gasteiger partial charge < -0.3 is 10.1 Å². The Morgan fingerprint density at radius 3 is 3.21 bits per heavy atom. The summed E-state index contributed by atoms with van der Waals surface area (Å²) in [5.41, 5.74) is 0.799. The zero-order chi connectivity index (χ0) is 9.54. The Labute approximate surface area is 82.1 Å². The second kappa shape index (κ2) is 2.87. The Hall–Kier alpha value is -1.25. The number of ether oxygens (including phenoxy) is 1. The van der Waals surface area contributed by atoms with Gasteiger partial charge >= 0.3 is 0 Å². The first-order chi connectivity index (χ1) is 6.83. The van der Waals surface area contributed by atoms with Gasteiger partial charge in [-0.2, -0.15) is 0 Å². The molecule has 1 heterocycles. The molecule has 1 aliphatic heterocycles. The van der Waals surface area contributed by atoms with Crippen molar-refractivity contribution in [3.8, 4) is 5.75 Å². The molecular formula is C11H12FNO. The van der Waals surface area contributed by atoms with Crippen LogP contribution in [0.4, 0.5) is 10.1 Å². The predicted molar refractivity (Wildman–Crippen MR) is 52.1 cm³/mol. The van der Waals surface area contributed by atoms with Crippen molar-refractivity contribution in [1.82, 2.24) is 0 Å². The normalized spacial score (nSPS) is 28.6. The second-order valence-corrected chi connectivity index (χ2v) is 3.98. The van der Waals surface area contributed by atoms with Crippen molar-refractivity contribution in [3.05, 3.63) is 24.0 Å². The van der Waals surface area contributed by atoms with E-state index in [1.54, 1.807) is 6.07 Å². The van der Waals surface area contributed by atoms with Crippen LogP contribution in [-0.2, 0) is 0 Å². The Morgan fingerprint density at radius 2 is 2.29 bits per heavy atom. The molecule has 0 spiro atoms. The van der Waals surface area contributed by atoms with Gasteiger partial charge in [0.05, 0.1) is 11.7 Å². The van der Waals surface area contributed by atoms with Crippen molar-refractivity contribution in [2.75, 3.05) is 5.32 Å². The van der Waals surface area contributed by atoms with Crippen LogP contribution in [0.15, 0.2) is 18.2 Å². The van der Waals surface area contributed by atoms with E-state index in [-0.39, 0.29) is 11.9 Å². The van der Waals surface area contributed by atoms with Gasteiger partial charge in [-0.1, -0.05) is 0 Å². The van der Waals surface area contributed by atoms with Crippen molar-refractivity contribution < 1.29 is 9.13 Å². The fourth-order valence-corrected chi connectivity index (χ4v) is 2.31. The summed E-state index contributed by atoms with van der Waals surface area (Å²) in [7, 11) is 0. The summed E-state index contributed by atoms with van der Waals surface area (Å²) in [5, 5.41) is 3.33. The van der Waals surface area contributed by atoms with E-state index in [4.69, 9.17) is 4.74 Å². The van der Waals surface area contributed by atoms with E-state index in [9.17, 15) is 4.39 Å². The van der Waals surface area contributed by atoms with E-state index in [1.165, 1.54) is 18.6 Å². The molecule has 3 rings (SSSR count). The van der Waals surface area contributed by atoms with Gasteiger partial charge in [0.1, 0.15) is 17.7 Å². The fraction of sp³-hybridized carbons (Fsp3) is 0.455. The minimum Gasteiger partial charge on any atom is -0.486 e. The summed E-state index contributed by atoms with van der Waals surface area (Å²) < 4.78 is 18.7. The molecule has 0 aromatic heterocycles. The van der Waals surface area contributed by atoms with Crippen molar-refractivity contribution in [2.45, 2.75) is 31.4 Å². The van der Waals surface area contributed by atoms with Crippen LogP contribution >= 0.6 is 0 Å². The zero-order valence-electron chi connectivity index (χ0n) is 7.79. The topological polar surface area (TPSA) is 21.3 Å². The van der Waals surface area contributed by atoms with Gasteiger partial charge in [-0.15, -0.1) is 0 Å². The predicted octanol–water partition coefficient (Wildman–Crippen LogP) is 2.55. The number of rotatable bonds is 0. The van der Waals surface area contributed by atoms with Crippen LogP contribution in [0.5, 0.6) is 5.75 Å². The third-order valence-electron chi connectivity index (χ3n) is 3.01. The number of halogens is 1. The quantitative estimate of drug-likeness (QED) is 0.683. The summed E-state index contributed by atoms with van der Waals surface area (Å²) in [6, 6.07) is 5.02. The first-order valence-electron chi connectivity index (χ1n) is 5.06. The third kappa shape index (κ3) is 1.15. The number of hydrogen-bond acceptors (Lipinski definition) is 2. The molecule has 1 saturated carbocycles. The van der Waals surface area contributed by atoms with Crippen molar-refractivity contribution in [3.63, 3.8) is 0 Å². The number of benzene rings is 1. The maximum absolute atomic E-state index is 12.9. The molecule has 1 N–H and O–H groups in total. The zero-order valence-corrected chi connectivity index (χ0v) is 7.79. The van der Waals surface area contributed by atoms with E-state index in [0.29, 0.717) is 6.04 Å². The largest absolute Gasteiger partial charge is 0.486 e. The number of hydrogen-bond donors (Lipinski definition) is 1. The van der Waals surface area contributed by atoms with Crippen LogP contribution in [-0.4, -0.2) is 12.1 Å². The van der Waals surface area contributed by atoms with Gasteiger partial charge in [-0.25, -0.2) is 4.39 Å². The van der Waals surface area contributed by atoms with Crippen molar-refractivity contribution in [1.29, 1.82) is 0 Å². The summed E-state index contributed by atoms with van der Waals surface area (Å²) >= 11 is 0. The average molecular weight is 193 g/mol. The minimum atomic E-state index is -0.212.